The van der Waals surface area contributed by atoms with Gasteiger partial charge in [0.2, 0.25) is 0 Å². The highest BCUT2D eigenvalue weighted by atomic mass is 32.1. The van der Waals surface area contributed by atoms with E-state index in [2.05, 4.69) is 5.32 Å². The molecule has 1 unspecified atom stereocenters. The summed E-state index contributed by atoms with van der Waals surface area (Å²) >= 11 is 1.61. The van der Waals surface area contributed by atoms with Crippen molar-refractivity contribution in [1.82, 2.24) is 5.32 Å². The van der Waals surface area contributed by atoms with Crippen LogP contribution in [0.25, 0.3) is 0 Å². The summed E-state index contributed by atoms with van der Waals surface area (Å²) in [6, 6.07) is 7.30. The van der Waals surface area contributed by atoms with Gasteiger partial charge in [-0.25, -0.2) is 4.79 Å². The van der Waals surface area contributed by atoms with Gasteiger partial charge < -0.3 is 10.1 Å². The van der Waals surface area contributed by atoms with Crippen LogP contribution in [-0.2, 0) is 6.42 Å². The number of carbonyl (C=O) groups excluding carboxylic acids is 1. The summed E-state index contributed by atoms with van der Waals surface area (Å²) in [5, 5.41) is 17.2. The summed E-state index contributed by atoms with van der Waals surface area (Å²) in [5.74, 6) is 0.265. The zero-order valence-corrected chi connectivity index (χ0v) is 12.1. The molecule has 1 atom stereocenters. The smallest absolute Gasteiger partial charge is 0.410 e. The molecule has 2 aromatic rings. The normalized spacial score (nSPS) is 11.7. The molecule has 1 N–H and O–H groups in total. The lowest BCUT2D eigenvalue weighted by Crippen LogP contribution is -2.36. The molecule has 0 radical (unpaired) electrons. The summed E-state index contributed by atoms with van der Waals surface area (Å²) in [6.07, 6.45) is 0.144. The fourth-order valence-corrected chi connectivity index (χ4v) is 2.47. The lowest BCUT2D eigenvalue weighted by atomic mass is 10.1. The van der Waals surface area contributed by atoms with Crippen molar-refractivity contribution >= 4 is 23.1 Å². The van der Waals surface area contributed by atoms with E-state index >= 15 is 0 Å². The zero-order chi connectivity index (χ0) is 15.2. The van der Waals surface area contributed by atoms with Crippen LogP contribution in [0, 0.1) is 10.1 Å². The number of nitrogens with zero attached hydrogens (tertiary/aromatic N) is 1. The predicted octanol–water partition coefficient (Wildman–Crippen LogP) is 3.38. The monoisotopic (exact) mass is 306 g/mol. The van der Waals surface area contributed by atoms with Crippen molar-refractivity contribution in [2.75, 3.05) is 0 Å². The molecule has 1 heterocycles. The predicted molar refractivity (Wildman–Crippen MR) is 79.7 cm³/mol. The number of benzene rings is 1. The topological polar surface area (TPSA) is 81.5 Å². The molecule has 2 rings (SSSR count). The molecule has 1 aromatic heterocycles. The SMILES string of the molecule is CC(Cc1ccsc1)NC(=O)Oc1ccc([N+](=O)[O-])cc1. The van der Waals surface area contributed by atoms with E-state index in [1.165, 1.54) is 24.3 Å². The van der Waals surface area contributed by atoms with Crippen LogP contribution in [0.1, 0.15) is 12.5 Å². The van der Waals surface area contributed by atoms with Crippen molar-refractivity contribution in [3.8, 4) is 5.75 Å². The molecule has 0 bridgehead atoms. The Hall–Kier alpha value is -2.41. The van der Waals surface area contributed by atoms with E-state index in [1.54, 1.807) is 11.3 Å². The Morgan fingerprint density at radius 1 is 1.38 bits per heavy atom. The van der Waals surface area contributed by atoms with E-state index in [4.69, 9.17) is 4.74 Å². The Labute approximate surface area is 125 Å². The van der Waals surface area contributed by atoms with E-state index in [0.29, 0.717) is 0 Å². The number of hydrogen-bond donors (Lipinski definition) is 1. The first-order chi connectivity index (χ1) is 10.0. The van der Waals surface area contributed by atoms with Crippen LogP contribution in [-0.4, -0.2) is 17.1 Å². The van der Waals surface area contributed by atoms with Gasteiger partial charge in [-0.2, -0.15) is 11.3 Å². The maximum Gasteiger partial charge on any atom is 0.412 e. The van der Waals surface area contributed by atoms with Crippen LogP contribution in [0.3, 0.4) is 0 Å². The minimum Gasteiger partial charge on any atom is -0.410 e. The Bertz CT molecular complexity index is 610. The third kappa shape index (κ3) is 4.57. The van der Waals surface area contributed by atoms with Gasteiger partial charge in [-0.1, -0.05) is 0 Å². The first-order valence-corrected chi connectivity index (χ1v) is 7.23. The molecule has 110 valence electrons. The van der Waals surface area contributed by atoms with E-state index in [0.717, 1.165) is 12.0 Å². The molecular formula is C14H14N2O4S. The highest BCUT2D eigenvalue weighted by Gasteiger charge is 2.11. The number of nitro groups is 1. The van der Waals surface area contributed by atoms with Crippen molar-refractivity contribution in [2.45, 2.75) is 19.4 Å². The number of thiophene rings is 1. The maximum absolute atomic E-state index is 11.7. The van der Waals surface area contributed by atoms with Crippen LogP contribution < -0.4 is 10.1 Å². The van der Waals surface area contributed by atoms with E-state index < -0.39 is 11.0 Å². The van der Waals surface area contributed by atoms with Crippen LogP contribution in [0.5, 0.6) is 5.75 Å². The maximum atomic E-state index is 11.7. The molecule has 7 heteroatoms. The van der Waals surface area contributed by atoms with Crippen molar-refractivity contribution in [3.05, 3.63) is 56.8 Å². The third-order valence-electron chi connectivity index (χ3n) is 2.74. The van der Waals surface area contributed by atoms with Crippen molar-refractivity contribution in [3.63, 3.8) is 0 Å². The van der Waals surface area contributed by atoms with Gasteiger partial charge in [0, 0.05) is 18.2 Å². The molecule has 1 aromatic carbocycles. The number of nitrogens with one attached hydrogen (secondary N) is 1. The number of hydrogen-bond acceptors (Lipinski definition) is 5. The van der Waals surface area contributed by atoms with E-state index in [9.17, 15) is 14.9 Å². The first-order valence-electron chi connectivity index (χ1n) is 6.28. The van der Waals surface area contributed by atoms with Crippen LogP contribution >= 0.6 is 11.3 Å². The van der Waals surface area contributed by atoms with Crippen LogP contribution in [0.15, 0.2) is 41.1 Å². The number of non-ortho nitro benzene ring substituents is 1. The Balaban J connectivity index is 1.84. The van der Waals surface area contributed by atoms with E-state index in [1.807, 2.05) is 23.8 Å². The van der Waals surface area contributed by atoms with Gasteiger partial charge in [-0.3, -0.25) is 10.1 Å². The lowest BCUT2D eigenvalue weighted by molar-refractivity contribution is -0.384. The number of ether oxygens (including phenoxy) is 1. The average Bonchev–Trinajstić information content (AvgIpc) is 2.91. The summed E-state index contributed by atoms with van der Waals surface area (Å²) in [6.45, 7) is 1.88. The van der Waals surface area contributed by atoms with E-state index in [-0.39, 0.29) is 17.5 Å². The van der Waals surface area contributed by atoms with Gasteiger partial charge in [-0.15, -0.1) is 0 Å². The molecule has 0 aliphatic rings. The fourth-order valence-electron chi connectivity index (χ4n) is 1.79. The molecule has 21 heavy (non-hydrogen) atoms. The Kier molecular flexibility index (Phi) is 4.89. The summed E-state index contributed by atoms with van der Waals surface area (Å²) < 4.78 is 5.07. The first kappa shape index (κ1) is 15.0. The molecule has 0 aliphatic heterocycles. The van der Waals surface area contributed by atoms with Crippen molar-refractivity contribution in [2.24, 2.45) is 0 Å². The minimum atomic E-state index is -0.577. The van der Waals surface area contributed by atoms with Crippen LogP contribution in [0.2, 0.25) is 0 Å². The minimum absolute atomic E-state index is 0.0476. The Morgan fingerprint density at radius 3 is 2.67 bits per heavy atom. The number of carbonyl (C=O) groups is 1. The second-order valence-electron chi connectivity index (χ2n) is 4.52. The third-order valence-corrected chi connectivity index (χ3v) is 3.48. The summed E-state index contributed by atoms with van der Waals surface area (Å²) in [4.78, 5) is 21.7. The highest BCUT2D eigenvalue weighted by molar-refractivity contribution is 7.07. The number of rotatable bonds is 5. The second kappa shape index (κ2) is 6.85. The quantitative estimate of drug-likeness (QED) is 0.678. The molecule has 6 nitrogen and oxygen atoms in total. The molecule has 0 saturated carbocycles. The van der Waals surface area contributed by atoms with Crippen LogP contribution in [0.4, 0.5) is 10.5 Å². The Morgan fingerprint density at radius 2 is 2.10 bits per heavy atom. The fraction of sp³-hybridized carbons (Fsp3) is 0.214. The van der Waals surface area contributed by atoms with Gasteiger partial charge >= 0.3 is 6.09 Å². The average molecular weight is 306 g/mol. The molecule has 0 saturated heterocycles. The van der Waals surface area contributed by atoms with Gasteiger partial charge in [0.05, 0.1) is 4.92 Å². The largest absolute Gasteiger partial charge is 0.412 e. The molecule has 1 amide bonds. The standard InChI is InChI=1S/C14H14N2O4S/c1-10(8-11-6-7-21-9-11)15-14(17)20-13-4-2-12(3-5-13)16(18)19/h2-7,9-10H,8H2,1H3,(H,15,17). The van der Waals surface area contributed by atoms with Gasteiger partial charge in [0.25, 0.3) is 5.69 Å². The van der Waals surface area contributed by atoms with Gasteiger partial charge in [-0.05, 0) is 47.9 Å². The lowest BCUT2D eigenvalue weighted by Gasteiger charge is -2.13. The summed E-state index contributed by atoms with van der Waals surface area (Å²) in [7, 11) is 0. The molecule has 0 aliphatic carbocycles. The number of amides is 1. The zero-order valence-electron chi connectivity index (χ0n) is 11.3. The van der Waals surface area contributed by atoms with Gasteiger partial charge in [0.1, 0.15) is 5.75 Å². The summed E-state index contributed by atoms with van der Waals surface area (Å²) in [5.41, 5.74) is 1.11. The number of nitro benzene ring substituents is 1. The highest BCUT2D eigenvalue weighted by Crippen LogP contribution is 2.17. The second-order valence-corrected chi connectivity index (χ2v) is 5.30. The van der Waals surface area contributed by atoms with Crippen molar-refractivity contribution < 1.29 is 14.5 Å². The van der Waals surface area contributed by atoms with Gasteiger partial charge in [0.15, 0.2) is 0 Å². The molecule has 0 spiro atoms. The molecule has 0 fully saturated rings. The van der Waals surface area contributed by atoms with Crippen molar-refractivity contribution in [1.29, 1.82) is 0 Å². The molecular weight excluding hydrogens is 292 g/mol.